The molecule has 108 valence electrons. The van der Waals surface area contributed by atoms with Crippen molar-refractivity contribution in [3.05, 3.63) is 41.1 Å². The maximum atomic E-state index is 12.7. The van der Waals surface area contributed by atoms with E-state index in [1.165, 1.54) is 19.5 Å². The van der Waals surface area contributed by atoms with Gasteiger partial charge in [-0.1, -0.05) is 0 Å². The molecular formula is C13H15F2N3O2. The largest absolute Gasteiger partial charge is 0.472 e. The van der Waals surface area contributed by atoms with Gasteiger partial charge in [0.2, 0.25) is 5.91 Å². The second-order valence-corrected chi connectivity index (χ2v) is 4.46. The molecule has 5 nitrogen and oxygen atoms in total. The number of furan rings is 1. The van der Waals surface area contributed by atoms with Crippen LogP contribution in [0.1, 0.15) is 29.1 Å². The van der Waals surface area contributed by atoms with Crippen molar-refractivity contribution in [2.75, 3.05) is 0 Å². The maximum absolute atomic E-state index is 12.7. The van der Waals surface area contributed by atoms with E-state index < -0.39 is 6.55 Å². The molecule has 0 unspecified atom stereocenters. The topological polar surface area (TPSA) is 60.1 Å². The molecule has 0 radical (unpaired) electrons. The van der Waals surface area contributed by atoms with E-state index in [0.29, 0.717) is 28.2 Å². The second-order valence-electron chi connectivity index (χ2n) is 4.46. The summed E-state index contributed by atoms with van der Waals surface area (Å²) in [6, 6.07) is 1.74. The standard InChI is InChI=1S/C13H15F2N3O2/c1-8-11(9(2)18(17-8)13(14)15)5-12(19)16-6-10-3-4-20-7-10/h3-4,7,13H,5-6H2,1-2H3,(H,16,19). The van der Waals surface area contributed by atoms with Crippen LogP contribution in [0.4, 0.5) is 8.78 Å². The first-order chi connectivity index (χ1) is 9.49. The molecule has 0 atom stereocenters. The highest BCUT2D eigenvalue weighted by atomic mass is 19.3. The van der Waals surface area contributed by atoms with Crippen molar-refractivity contribution in [1.29, 1.82) is 0 Å². The molecule has 2 rings (SSSR count). The Morgan fingerprint density at radius 1 is 1.50 bits per heavy atom. The molecule has 0 spiro atoms. The minimum absolute atomic E-state index is 0.0300. The molecule has 7 heteroatoms. The molecule has 0 saturated heterocycles. The van der Waals surface area contributed by atoms with Gasteiger partial charge in [-0.25, -0.2) is 4.68 Å². The van der Waals surface area contributed by atoms with Gasteiger partial charge in [0.15, 0.2) is 0 Å². The lowest BCUT2D eigenvalue weighted by Crippen LogP contribution is -2.24. The number of amides is 1. The van der Waals surface area contributed by atoms with Crippen LogP contribution in [0.2, 0.25) is 0 Å². The number of aromatic nitrogens is 2. The van der Waals surface area contributed by atoms with Crippen LogP contribution >= 0.6 is 0 Å². The summed E-state index contributed by atoms with van der Waals surface area (Å²) in [5.41, 5.74) is 2.14. The third-order valence-electron chi connectivity index (χ3n) is 3.07. The van der Waals surface area contributed by atoms with Gasteiger partial charge in [-0.15, -0.1) is 0 Å². The van der Waals surface area contributed by atoms with Gasteiger partial charge in [0.05, 0.1) is 24.6 Å². The van der Waals surface area contributed by atoms with Crippen LogP contribution < -0.4 is 5.32 Å². The highest BCUT2D eigenvalue weighted by Crippen LogP contribution is 2.19. The van der Waals surface area contributed by atoms with Gasteiger partial charge in [0.25, 0.3) is 0 Å². The van der Waals surface area contributed by atoms with Crippen LogP contribution in [0.25, 0.3) is 0 Å². The van der Waals surface area contributed by atoms with E-state index in [0.717, 1.165) is 5.56 Å². The average molecular weight is 283 g/mol. The van der Waals surface area contributed by atoms with Crippen LogP contribution in [0.15, 0.2) is 23.0 Å². The van der Waals surface area contributed by atoms with Gasteiger partial charge in [0.1, 0.15) is 0 Å². The summed E-state index contributed by atoms with van der Waals surface area (Å²) in [4.78, 5) is 11.8. The zero-order valence-electron chi connectivity index (χ0n) is 11.2. The van der Waals surface area contributed by atoms with Crippen LogP contribution in [0, 0.1) is 13.8 Å². The van der Waals surface area contributed by atoms with E-state index in [4.69, 9.17) is 4.42 Å². The average Bonchev–Trinajstić information content (AvgIpc) is 2.99. The lowest BCUT2D eigenvalue weighted by Gasteiger charge is -2.05. The molecule has 1 amide bonds. The van der Waals surface area contributed by atoms with Gasteiger partial charge in [-0.05, 0) is 19.9 Å². The van der Waals surface area contributed by atoms with Gasteiger partial charge in [-0.3, -0.25) is 4.79 Å². The fourth-order valence-electron chi connectivity index (χ4n) is 1.96. The zero-order valence-corrected chi connectivity index (χ0v) is 11.2. The monoisotopic (exact) mass is 283 g/mol. The molecule has 1 N–H and O–H groups in total. The van der Waals surface area contributed by atoms with Crippen LogP contribution in [-0.2, 0) is 17.8 Å². The van der Waals surface area contributed by atoms with E-state index in [1.54, 1.807) is 13.0 Å². The number of rotatable bonds is 5. The number of aryl methyl sites for hydroxylation is 1. The highest BCUT2D eigenvalue weighted by Gasteiger charge is 2.19. The number of hydrogen-bond acceptors (Lipinski definition) is 3. The normalized spacial score (nSPS) is 11.1. The summed E-state index contributed by atoms with van der Waals surface area (Å²) in [6.45, 7) is 0.794. The number of carbonyl (C=O) groups is 1. The van der Waals surface area contributed by atoms with Crippen LogP contribution in [0.5, 0.6) is 0 Å². The quantitative estimate of drug-likeness (QED) is 0.916. The molecular weight excluding hydrogens is 268 g/mol. The number of nitrogens with zero attached hydrogens (tertiary/aromatic N) is 2. The molecule has 0 aliphatic carbocycles. The molecule has 0 aromatic carbocycles. The first-order valence-corrected chi connectivity index (χ1v) is 6.09. The van der Waals surface area contributed by atoms with E-state index in [9.17, 15) is 13.6 Å². The Labute approximate surface area is 114 Å². The Morgan fingerprint density at radius 2 is 2.25 bits per heavy atom. The number of carbonyl (C=O) groups excluding carboxylic acids is 1. The fraction of sp³-hybridized carbons (Fsp3) is 0.385. The van der Waals surface area contributed by atoms with Crippen molar-refractivity contribution < 1.29 is 18.0 Å². The fourth-order valence-corrected chi connectivity index (χ4v) is 1.96. The summed E-state index contributed by atoms with van der Waals surface area (Å²) in [5, 5.41) is 6.45. The lowest BCUT2D eigenvalue weighted by atomic mass is 10.1. The third-order valence-corrected chi connectivity index (χ3v) is 3.07. The highest BCUT2D eigenvalue weighted by molar-refractivity contribution is 5.79. The number of halogens is 2. The number of nitrogens with one attached hydrogen (secondary N) is 1. The SMILES string of the molecule is Cc1nn(C(F)F)c(C)c1CC(=O)NCc1ccoc1. The first-order valence-electron chi connectivity index (χ1n) is 6.09. The summed E-state index contributed by atoms with van der Waals surface area (Å²) in [7, 11) is 0. The predicted octanol–water partition coefficient (Wildman–Crippen LogP) is 2.35. The Balaban J connectivity index is 2.01. The minimum atomic E-state index is -2.70. The van der Waals surface area contributed by atoms with Crippen molar-refractivity contribution in [2.24, 2.45) is 0 Å². The lowest BCUT2D eigenvalue weighted by molar-refractivity contribution is -0.120. The summed E-state index contributed by atoms with van der Waals surface area (Å²) >= 11 is 0. The predicted molar refractivity (Wildman–Crippen MR) is 67.2 cm³/mol. The molecule has 0 bridgehead atoms. The van der Waals surface area contributed by atoms with Crippen molar-refractivity contribution in [3.63, 3.8) is 0 Å². The Bertz CT molecular complexity index is 591. The van der Waals surface area contributed by atoms with E-state index in [2.05, 4.69) is 10.4 Å². The summed E-state index contributed by atoms with van der Waals surface area (Å²) < 4.78 is 30.9. The Kier molecular flexibility index (Phi) is 4.16. The molecule has 0 aliphatic heterocycles. The molecule has 2 heterocycles. The summed E-state index contributed by atoms with van der Waals surface area (Å²) in [5.74, 6) is -0.244. The zero-order chi connectivity index (χ0) is 14.7. The molecule has 0 aliphatic rings. The van der Waals surface area contributed by atoms with Crippen LogP contribution in [0.3, 0.4) is 0 Å². The Hall–Kier alpha value is -2.18. The third kappa shape index (κ3) is 3.04. The number of hydrogen-bond donors (Lipinski definition) is 1. The van der Waals surface area contributed by atoms with Gasteiger partial charge < -0.3 is 9.73 Å². The van der Waals surface area contributed by atoms with Gasteiger partial charge >= 0.3 is 6.55 Å². The van der Waals surface area contributed by atoms with Crippen molar-refractivity contribution in [3.8, 4) is 0 Å². The second kappa shape index (κ2) is 5.85. The van der Waals surface area contributed by atoms with E-state index in [-0.39, 0.29) is 12.3 Å². The Morgan fingerprint density at radius 3 is 2.80 bits per heavy atom. The van der Waals surface area contributed by atoms with Crippen LogP contribution in [-0.4, -0.2) is 15.7 Å². The maximum Gasteiger partial charge on any atom is 0.333 e. The van der Waals surface area contributed by atoms with Crippen molar-refractivity contribution in [1.82, 2.24) is 15.1 Å². The van der Waals surface area contributed by atoms with E-state index >= 15 is 0 Å². The van der Waals surface area contributed by atoms with Crippen molar-refractivity contribution >= 4 is 5.91 Å². The molecule has 0 saturated carbocycles. The van der Waals surface area contributed by atoms with Gasteiger partial charge in [-0.2, -0.15) is 13.9 Å². The molecule has 2 aromatic heterocycles. The minimum Gasteiger partial charge on any atom is -0.472 e. The van der Waals surface area contributed by atoms with Gasteiger partial charge in [0, 0.05) is 23.4 Å². The smallest absolute Gasteiger partial charge is 0.333 e. The van der Waals surface area contributed by atoms with Crippen molar-refractivity contribution in [2.45, 2.75) is 33.4 Å². The summed E-state index contributed by atoms with van der Waals surface area (Å²) in [6.07, 6.45) is 3.08. The molecule has 0 fully saturated rings. The van der Waals surface area contributed by atoms with E-state index in [1.807, 2.05) is 0 Å². The number of alkyl halides is 2. The first kappa shape index (κ1) is 14.2. The molecule has 20 heavy (non-hydrogen) atoms. The molecule has 2 aromatic rings.